The molecule has 0 saturated carbocycles. The molecule has 21 heavy (non-hydrogen) atoms. The molecule has 0 radical (unpaired) electrons. The molecule has 0 aliphatic heterocycles. The molecule has 8 heteroatoms. The lowest BCUT2D eigenvalue weighted by atomic mass is 10.2. The van der Waals surface area contributed by atoms with Gasteiger partial charge in [0.05, 0.1) is 11.3 Å². The lowest BCUT2D eigenvalue weighted by Gasteiger charge is -2.07. The van der Waals surface area contributed by atoms with Crippen LogP contribution in [0.15, 0.2) is 35.3 Å². The molecule has 0 aliphatic carbocycles. The first-order valence-electron chi connectivity index (χ1n) is 5.98. The van der Waals surface area contributed by atoms with E-state index >= 15 is 0 Å². The highest BCUT2D eigenvalue weighted by Crippen LogP contribution is 2.29. The van der Waals surface area contributed by atoms with Crippen molar-refractivity contribution in [2.24, 2.45) is 0 Å². The quantitative estimate of drug-likeness (QED) is 0.909. The van der Waals surface area contributed by atoms with Gasteiger partial charge in [0.2, 0.25) is 0 Å². The number of rotatable bonds is 4. The normalized spacial score (nSPS) is 11.6. The molecule has 0 atom stereocenters. The summed E-state index contributed by atoms with van der Waals surface area (Å²) in [5.74, 6) is -1.03. The van der Waals surface area contributed by atoms with Crippen molar-refractivity contribution in [3.63, 3.8) is 0 Å². The maximum absolute atomic E-state index is 12.4. The van der Waals surface area contributed by atoms with E-state index in [2.05, 4.69) is 5.10 Å². The Bertz CT molecular complexity index is 699. The molecular formula is C13H11F3N2O3. The highest BCUT2D eigenvalue weighted by atomic mass is 19.4. The van der Waals surface area contributed by atoms with Crippen LogP contribution in [0.1, 0.15) is 17.5 Å². The molecule has 2 rings (SSSR count). The number of aromatic nitrogens is 2. The molecule has 1 aromatic carbocycles. The first-order chi connectivity index (χ1) is 9.79. The van der Waals surface area contributed by atoms with Gasteiger partial charge < -0.3 is 5.11 Å². The number of nitrogens with one attached hydrogen (secondary N) is 1. The minimum atomic E-state index is -4.44. The summed E-state index contributed by atoms with van der Waals surface area (Å²) in [6.45, 7) is 0. The van der Waals surface area contributed by atoms with Crippen LogP contribution in [0.25, 0.3) is 5.69 Å². The second-order valence-corrected chi connectivity index (χ2v) is 4.38. The molecule has 1 heterocycles. The molecule has 0 saturated heterocycles. The summed E-state index contributed by atoms with van der Waals surface area (Å²) >= 11 is 0. The number of carboxylic acid groups (broad SMARTS) is 1. The van der Waals surface area contributed by atoms with Crippen molar-refractivity contribution >= 4 is 5.97 Å². The number of nitrogens with zero attached hydrogens (tertiary/aromatic N) is 1. The van der Waals surface area contributed by atoms with Gasteiger partial charge in [-0.05, 0) is 30.7 Å². The summed E-state index contributed by atoms with van der Waals surface area (Å²) in [6.07, 6.45) is -3.23. The number of benzene rings is 1. The summed E-state index contributed by atoms with van der Waals surface area (Å²) in [6, 6.07) is 4.09. The van der Waals surface area contributed by atoms with Crippen molar-refractivity contribution in [1.29, 1.82) is 0 Å². The number of carbonyl (C=O) groups is 1. The second-order valence-electron chi connectivity index (χ2n) is 4.38. The van der Waals surface area contributed by atoms with E-state index < -0.39 is 23.3 Å². The Labute approximate surface area is 116 Å². The van der Waals surface area contributed by atoms with E-state index in [1.165, 1.54) is 18.3 Å². The third-order valence-electron chi connectivity index (χ3n) is 2.91. The van der Waals surface area contributed by atoms with Gasteiger partial charge in [-0.25, -0.2) is 4.68 Å². The van der Waals surface area contributed by atoms with Crippen LogP contribution in [-0.4, -0.2) is 20.9 Å². The maximum Gasteiger partial charge on any atom is 0.416 e. The predicted molar refractivity (Wildman–Crippen MR) is 67.3 cm³/mol. The molecule has 5 nitrogen and oxygen atoms in total. The predicted octanol–water partition coefficient (Wildman–Crippen LogP) is 2.20. The molecule has 2 N–H and O–H groups in total. The summed E-state index contributed by atoms with van der Waals surface area (Å²) < 4.78 is 38.4. The van der Waals surface area contributed by atoms with Crippen molar-refractivity contribution in [3.8, 4) is 5.69 Å². The zero-order valence-corrected chi connectivity index (χ0v) is 10.6. The fourth-order valence-electron chi connectivity index (χ4n) is 1.82. The number of aryl methyl sites for hydroxylation is 1. The molecule has 0 spiro atoms. The van der Waals surface area contributed by atoms with Gasteiger partial charge in [0.25, 0.3) is 5.56 Å². The van der Waals surface area contributed by atoms with E-state index in [1.54, 1.807) is 0 Å². The van der Waals surface area contributed by atoms with Crippen molar-refractivity contribution in [1.82, 2.24) is 9.78 Å². The maximum atomic E-state index is 12.4. The topological polar surface area (TPSA) is 75.1 Å². The van der Waals surface area contributed by atoms with Crippen molar-refractivity contribution in [3.05, 3.63) is 51.9 Å². The molecule has 0 fully saturated rings. The van der Waals surface area contributed by atoms with E-state index in [1.807, 2.05) is 0 Å². The summed E-state index contributed by atoms with van der Waals surface area (Å²) in [5, 5.41) is 11.2. The zero-order chi connectivity index (χ0) is 15.6. The average Bonchev–Trinajstić information content (AvgIpc) is 2.77. The Morgan fingerprint density at radius 1 is 1.24 bits per heavy atom. The number of hydrogen-bond acceptors (Lipinski definition) is 2. The van der Waals surface area contributed by atoms with E-state index in [0.717, 1.165) is 16.8 Å². The van der Waals surface area contributed by atoms with Gasteiger partial charge in [0, 0.05) is 18.2 Å². The molecule has 2 aromatic rings. The van der Waals surface area contributed by atoms with Gasteiger partial charge in [-0.2, -0.15) is 13.2 Å². The van der Waals surface area contributed by atoms with Gasteiger partial charge >= 0.3 is 12.1 Å². The SMILES string of the molecule is O=C(O)CCc1c[nH]n(-c2ccc(C(F)(F)F)cc2)c1=O. The lowest BCUT2D eigenvalue weighted by Crippen LogP contribution is -2.18. The minimum absolute atomic E-state index is 0.0539. The van der Waals surface area contributed by atoms with Gasteiger partial charge in [0.1, 0.15) is 0 Å². The Morgan fingerprint density at radius 2 is 1.86 bits per heavy atom. The van der Waals surface area contributed by atoms with Crippen LogP contribution in [0.4, 0.5) is 13.2 Å². The molecule has 0 amide bonds. The molecule has 112 valence electrons. The standard InChI is InChI=1S/C13H11F3N2O3/c14-13(15,16)9-2-4-10(5-3-9)18-12(21)8(7-17-18)1-6-11(19)20/h2-5,7,17H,1,6H2,(H,19,20). The number of aromatic amines is 1. The Hall–Kier alpha value is -2.51. The fraction of sp³-hybridized carbons (Fsp3) is 0.231. The summed E-state index contributed by atoms with van der Waals surface area (Å²) in [7, 11) is 0. The van der Waals surface area contributed by atoms with E-state index in [4.69, 9.17) is 5.11 Å². The Morgan fingerprint density at radius 3 is 2.38 bits per heavy atom. The smallest absolute Gasteiger partial charge is 0.416 e. The van der Waals surface area contributed by atoms with Crippen molar-refractivity contribution in [2.45, 2.75) is 19.0 Å². The van der Waals surface area contributed by atoms with E-state index in [9.17, 15) is 22.8 Å². The van der Waals surface area contributed by atoms with Crippen LogP contribution in [0.2, 0.25) is 0 Å². The van der Waals surface area contributed by atoms with E-state index in [0.29, 0.717) is 0 Å². The second kappa shape index (κ2) is 5.47. The van der Waals surface area contributed by atoms with Gasteiger partial charge in [-0.3, -0.25) is 14.7 Å². The average molecular weight is 300 g/mol. The molecular weight excluding hydrogens is 289 g/mol. The fourth-order valence-corrected chi connectivity index (χ4v) is 1.82. The van der Waals surface area contributed by atoms with Crippen molar-refractivity contribution in [2.75, 3.05) is 0 Å². The monoisotopic (exact) mass is 300 g/mol. The van der Waals surface area contributed by atoms with E-state index in [-0.39, 0.29) is 24.1 Å². The highest BCUT2D eigenvalue weighted by molar-refractivity contribution is 5.67. The number of hydrogen-bond donors (Lipinski definition) is 2. The summed E-state index contributed by atoms with van der Waals surface area (Å²) in [4.78, 5) is 22.4. The molecule has 1 aromatic heterocycles. The van der Waals surface area contributed by atoms with Crippen LogP contribution in [0.5, 0.6) is 0 Å². The summed E-state index contributed by atoms with van der Waals surface area (Å²) in [5.41, 5.74) is -0.778. The van der Waals surface area contributed by atoms with Gasteiger partial charge in [-0.1, -0.05) is 0 Å². The number of halogens is 3. The third kappa shape index (κ3) is 3.33. The zero-order valence-electron chi connectivity index (χ0n) is 10.6. The van der Waals surface area contributed by atoms with Crippen LogP contribution in [0, 0.1) is 0 Å². The minimum Gasteiger partial charge on any atom is -0.481 e. The first kappa shape index (κ1) is 14.9. The first-order valence-corrected chi connectivity index (χ1v) is 5.98. The lowest BCUT2D eigenvalue weighted by molar-refractivity contribution is -0.138. The Balaban J connectivity index is 2.27. The Kier molecular flexibility index (Phi) is 3.88. The largest absolute Gasteiger partial charge is 0.481 e. The van der Waals surface area contributed by atoms with Crippen molar-refractivity contribution < 1.29 is 23.1 Å². The van der Waals surface area contributed by atoms with Crippen LogP contribution < -0.4 is 5.56 Å². The highest BCUT2D eigenvalue weighted by Gasteiger charge is 2.30. The number of carboxylic acids is 1. The van der Waals surface area contributed by atoms with Crippen LogP contribution in [-0.2, 0) is 17.4 Å². The number of H-pyrrole nitrogens is 1. The molecule has 0 aliphatic rings. The third-order valence-corrected chi connectivity index (χ3v) is 2.91. The van der Waals surface area contributed by atoms with Gasteiger partial charge in [0.15, 0.2) is 0 Å². The van der Waals surface area contributed by atoms with Gasteiger partial charge in [-0.15, -0.1) is 0 Å². The molecule has 0 bridgehead atoms. The number of alkyl halides is 3. The van der Waals surface area contributed by atoms with Crippen LogP contribution in [0.3, 0.4) is 0 Å². The number of aliphatic carboxylic acids is 1. The molecule has 0 unspecified atom stereocenters. The van der Waals surface area contributed by atoms with Crippen LogP contribution >= 0.6 is 0 Å².